The summed E-state index contributed by atoms with van der Waals surface area (Å²) in [4.78, 5) is 16.5. The van der Waals surface area contributed by atoms with Crippen molar-refractivity contribution in [3.8, 4) is 5.75 Å². The summed E-state index contributed by atoms with van der Waals surface area (Å²) in [6.45, 7) is 9.64. The van der Waals surface area contributed by atoms with Gasteiger partial charge in [-0.1, -0.05) is 11.6 Å². The van der Waals surface area contributed by atoms with Crippen LogP contribution in [0.15, 0.2) is 18.2 Å². The molecule has 0 N–H and O–H groups in total. The van der Waals surface area contributed by atoms with E-state index in [1.165, 1.54) is 31.2 Å². The molecule has 0 aromatic heterocycles. The number of hydrogen-bond acceptors (Lipinski definition) is 4. The molecule has 0 spiro atoms. The number of hydrogen-bond donors (Lipinski definition) is 0. The van der Waals surface area contributed by atoms with Crippen LogP contribution in [0.25, 0.3) is 0 Å². The van der Waals surface area contributed by atoms with Gasteiger partial charge in [0.15, 0.2) is 0 Å². The number of amides is 1. The maximum Gasteiger partial charge on any atom is 0.409 e. The van der Waals surface area contributed by atoms with Crippen molar-refractivity contribution in [2.75, 3.05) is 39.3 Å². The second kappa shape index (κ2) is 9.78. The van der Waals surface area contributed by atoms with Crippen LogP contribution >= 0.6 is 11.6 Å². The largest absolute Gasteiger partial charge is 0.491 e. The Morgan fingerprint density at radius 3 is 2.57 bits per heavy atom. The molecule has 6 heteroatoms. The SMILES string of the molecule is CC(C)Oc1ccc(Cl)c(CC2CCN(CC3COC(=O)N(CC4CC4)C3)CC2)c1. The molecule has 1 atom stereocenters. The topological polar surface area (TPSA) is 42.0 Å². The molecule has 2 heterocycles. The second-order valence-corrected chi connectivity index (χ2v) is 10.1. The number of carbonyl (C=O) groups excluding carboxylic acids is 1. The minimum atomic E-state index is -0.114. The van der Waals surface area contributed by atoms with Gasteiger partial charge in [-0.05, 0) is 94.6 Å². The van der Waals surface area contributed by atoms with Crippen LogP contribution in [0.3, 0.4) is 0 Å². The van der Waals surface area contributed by atoms with Gasteiger partial charge >= 0.3 is 6.09 Å². The summed E-state index contributed by atoms with van der Waals surface area (Å²) in [6.07, 6.45) is 5.96. The van der Waals surface area contributed by atoms with E-state index in [9.17, 15) is 4.79 Å². The Morgan fingerprint density at radius 2 is 1.87 bits per heavy atom. The fraction of sp³-hybridized carbons (Fsp3) is 0.708. The molecular weight excluding hydrogens is 400 g/mol. The molecule has 0 radical (unpaired) electrons. The van der Waals surface area contributed by atoms with Crippen LogP contribution in [0.2, 0.25) is 5.02 Å². The van der Waals surface area contributed by atoms with Crippen LogP contribution in [0.4, 0.5) is 4.79 Å². The Labute approximate surface area is 185 Å². The van der Waals surface area contributed by atoms with Crippen molar-refractivity contribution in [2.24, 2.45) is 17.8 Å². The monoisotopic (exact) mass is 434 g/mol. The third-order valence-electron chi connectivity index (χ3n) is 6.48. The van der Waals surface area contributed by atoms with Crippen LogP contribution in [-0.2, 0) is 11.2 Å². The number of halogens is 1. The molecule has 1 unspecified atom stereocenters. The molecule has 1 aromatic carbocycles. The van der Waals surface area contributed by atoms with Gasteiger partial charge in [0.25, 0.3) is 0 Å². The summed E-state index contributed by atoms with van der Waals surface area (Å²) in [7, 11) is 0. The lowest BCUT2D eigenvalue weighted by Crippen LogP contribution is -2.48. The Kier molecular flexibility index (Phi) is 7.09. The number of piperidine rings is 1. The zero-order valence-corrected chi connectivity index (χ0v) is 19.1. The highest BCUT2D eigenvalue weighted by Gasteiger charge is 2.33. The maximum atomic E-state index is 12.0. The highest BCUT2D eigenvalue weighted by Crippen LogP contribution is 2.32. The fourth-order valence-corrected chi connectivity index (χ4v) is 4.89. The van der Waals surface area contributed by atoms with Crippen molar-refractivity contribution in [1.82, 2.24) is 9.80 Å². The van der Waals surface area contributed by atoms with Crippen LogP contribution in [0.1, 0.15) is 45.1 Å². The van der Waals surface area contributed by atoms with E-state index in [1.807, 2.05) is 30.9 Å². The number of rotatable bonds is 8. The second-order valence-electron chi connectivity index (χ2n) is 9.66. The standard InChI is InChI=1S/C24H35ClN2O3/c1-17(2)30-22-5-6-23(25)21(12-22)11-18-7-9-26(10-8-18)13-20-15-27(14-19-3-4-19)24(28)29-16-20/h5-6,12,17-20H,3-4,7-11,13-16H2,1-2H3. The summed E-state index contributed by atoms with van der Waals surface area (Å²) in [6, 6.07) is 6.03. The van der Waals surface area contributed by atoms with Gasteiger partial charge in [-0.3, -0.25) is 0 Å². The van der Waals surface area contributed by atoms with Gasteiger partial charge in [-0.25, -0.2) is 4.79 Å². The van der Waals surface area contributed by atoms with E-state index in [-0.39, 0.29) is 12.2 Å². The van der Waals surface area contributed by atoms with Gasteiger partial charge in [0, 0.05) is 30.6 Å². The number of likely N-dealkylation sites (tertiary alicyclic amines) is 1. The summed E-state index contributed by atoms with van der Waals surface area (Å²) in [5.74, 6) is 2.70. The average Bonchev–Trinajstić information content (AvgIpc) is 3.52. The molecule has 3 aliphatic rings. The minimum absolute atomic E-state index is 0.114. The molecule has 1 aromatic rings. The van der Waals surface area contributed by atoms with Gasteiger partial charge in [0.05, 0.1) is 12.7 Å². The molecule has 30 heavy (non-hydrogen) atoms. The molecule has 1 amide bonds. The lowest BCUT2D eigenvalue weighted by atomic mass is 9.89. The molecule has 3 fully saturated rings. The number of benzene rings is 1. The third kappa shape index (κ3) is 6.04. The maximum absolute atomic E-state index is 12.0. The zero-order chi connectivity index (χ0) is 21.1. The Bertz CT molecular complexity index is 729. The predicted molar refractivity (Wildman–Crippen MR) is 119 cm³/mol. The first-order valence-electron chi connectivity index (χ1n) is 11.6. The Hall–Kier alpha value is -1.46. The van der Waals surface area contributed by atoms with E-state index in [1.54, 1.807) is 0 Å². The van der Waals surface area contributed by atoms with E-state index in [0.29, 0.717) is 24.4 Å². The highest BCUT2D eigenvalue weighted by molar-refractivity contribution is 6.31. The van der Waals surface area contributed by atoms with Gasteiger partial charge in [0.1, 0.15) is 5.75 Å². The van der Waals surface area contributed by atoms with Gasteiger partial charge in [-0.15, -0.1) is 0 Å². The van der Waals surface area contributed by atoms with Crippen molar-refractivity contribution in [3.05, 3.63) is 28.8 Å². The fourth-order valence-electron chi connectivity index (χ4n) is 4.69. The van der Waals surface area contributed by atoms with Crippen LogP contribution in [-0.4, -0.2) is 61.3 Å². The van der Waals surface area contributed by atoms with Crippen molar-refractivity contribution in [1.29, 1.82) is 0 Å². The lowest BCUT2D eigenvalue weighted by Gasteiger charge is -2.38. The van der Waals surface area contributed by atoms with Crippen LogP contribution in [0, 0.1) is 17.8 Å². The summed E-state index contributed by atoms with van der Waals surface area (Å²) < 4.78 is 11.3. The predicted octanol–water partition coefficient (Wildman–Crippen LogP) is 4.86. The van der Waals surface area contributed by atoms with Gasteiger partial charge in [-0.2, -0.15) is 0 Å². The van der Waals surface area contributed by atoms with Crippen molar-refractivity contribution < 1.29 is 14.3 Å². The van der Waals surface area contributed by atoms with Crippen LogP contribution in [0.5, 0.6) is 5.75 Å². The minimum Gasteiger partial charge on any atom is -0.491 e. The molecular formula is C24H35ClN2O3. The molecule has 2 saturated heterocycles. The quantitative estimate of drug-likeness (QED) is 0.586. The molecule has 0 bridgehead atoms. The molecule has 2 aliphatic heterocycles. The number of cyclic esters (lactones) is 1. The van der Waals surface area contributed by atoms with Gasteiger partial charge in [0.2, 0.25) is 0 Å². The van der Waals surface area contributed by atoms with E-state index in [2.05, 4.69) is 11.0 Å². The Balaban J connectivity index is 1.23. The highest BCUT2D eigenvalue weighted by atomic mass is 35.5. The molecule has 4 rings (SSSR count). The van der Waals surface area contributed by atoms with E-state index in [4.69, 9.17) is 21.1 Å². The number of ether oxygens (including phenoxy) is 2. The average molecular weight is 435 g/mol. The van der Waals surface area contributed by atoms with E-state index >= 15 is 0 Å². The number of carbonyl (C=O) groups is 1. The van der Waals surface area contributed by atoms with Crippen molar-refractivity contribution in [3.63, 3.8) is 0 Å². The van der Waals surface area contributed by atoms with Crippen molar-refractivity contribution >= 4 is 17.7 Å². The molecule has 5 nitrogen and oxygen atoms in total. The first kappa shape index (κ1) is 21.8. The Morgan fingerprint density at radius 1 is 1.10 bits per heavy atom. The van der Waals surface area contributed by atoms with Crippen molar-refractivity contribution in [2.45, 2.75) is 52.1 Å². The normalized spacial score (nSPS) is 23.7. The third-order valence-corrected chi connectivity index (χ3v) is 6.84. The number of nitrogens with zero attached hydrogens (tertiary/aromatic N) is 2. The first-order valence-corrected chi connectivity index (χ1v) is 11.9. The molecule has 166 valence electrons. The molecule has 1 saturated carbocycles. The van der Waals surface area contributed by atoms with Crippen LogP contribution < -0.4 is 4.74 Å². The summed E-state index contributed by atoms with van der Waals surface area (Å²) in [5.41, 5.74) is 1.20. The summed E-state index contributed by atoms with van der Waals surface area (Å²) in [5, 5.41) is 0.841. The first-order chi connectivity index (χ1) is 14.5. The van der Waals surface area contributed by atoms with E-state index in [0.717, 1.165) is 49.9 Å². The summed E-state index contributed by atoms with van der Waals surface area (Å²) >= 11 is 6.46. The zero-order valence-electron chi connectivity index (χ0n) is 18.3. The molecule has 1 aliphatic carbocycles. The lowest BCUT2D eigenvalue weighted by molar-refractivity contribution is 0.0254. The van der Waals surface area contributed by atoms with E-state index < -0.39 is 0 Å². The van der Waals surface area contributed by atoms with Gasteiger partial charge < -0.3 is 19.3 Å². The smallest absolute Gasteiger partial charge is 0.409 e.